The Hall–Kier alpha value is -2.07. The molecule has 22 heavy (non-hydrogen) atoms. The van der Waals surface area contributed by atoms with E-state index in [1.165, 1.54) is 0 Å². The van der Waals surface area contributed by atoms with Gasteiger partial charge >= 0.3 is 5.97 Å². The summed E-state index contributed by atoms with van der Waals surface area (Å²) in [5.74, 6) is -0.602. The molecule has 0 unspecified atom stereocenters. The molecule has 2 aromatic carbocycles. The molecule has 0 fully saturated rings. The van der Waals surface area contributed by atoms with Crippen LogP contribution in [0.3, 0.4) is 0 Å². The fourth-order valence-electron chi connectivity index (χ4n) is 2.78. The van der Waals surface area contributed by atoms with Crippen LogP contribution >= 0.6 is 11.8 Å². The van der Waals surface area contributed by atoms with Gasteiger partial charge < -0.3 is 5.11 Å². The van der Waals surface area contributed by atoms with Crippen molar-refractivity contribution in [3.63, 3.8) is 0 Å². The molecule has 3 rings (SSSR count). The van der Waals surface area contributed by atoms with Gasteiger partial charge in [0.25, 0.3) is 0 Å². The van der Waals surface area contributed by atoms with Crippen molar-refractivity contribution in [3.8, 4) is 0 Å². The molecule has 0 aromatic heterocycles. The smallest absolute Gasteiger partial charge is 0.310 e. The highest BCUT2D eigenvalue weighted by atomic mass is 32.2. The van der Waals surface area contributed by atoms with E-state index < -0.39 is 11.9 Å². The minimum absolute atomic E-state index is 0.0190. The van der Waals surface area contributed by atoms with E-state index in [1.54, 1.807) is 23.9 Å². The van der Waals surface area contributed by atoms with Gasteiger partial charge in [0.1, 0.15) is 0 Å². The second-order valence-corrected chi connectivity index (χ2v) is 6.35. The van der Waals surface area contributed by atoms with Crippen LogP contribution in [0.4, 0.5) is 0 Å². The van der Waals surface area contributed by atoms with Crippen LogP contribution in [0.25, 0.3) is 0 Å². The lowest BCUT2D eigenvalue weighted by Crippen LogP contribution is -2.11. The Morgan fingerprint density at radius 3 is 2.73 bits per heavy atom. The first kappa shape index (κ1) is 14.9. The Bertz CT molecular complexity index is 752. The van der Waals surface area contributed by atoms with Crippen molar-refractivity contribution in [2.24, 2.45) is 0 Å². The number of rotatable bonds is 3. The number of aliphatic carboxylic acids is 1. The summed E-state index contributed by atoms with van der Waals surface area (Å²) in [5, 5.41) is 9.31. The zero-order valence-electron chi connectivity index (χ0n) is 12.2. The summed E-state index contributed by atoms with van der Waals surface area (Å²) in [6, 6.07) is 13.0. The van der Waals surface area contributed by atoms with Gasteiger partial charge in [-0.3, -0.25) is 9.59 Å². The topological polar surface area (TPSA) is 54.4 Å². The number of carbonyl (C=O) groups is 2. The highest BCUT2D eigenvalue weighted by Gasteiger charge is 2.24. The third-order valence-corrected chi connectivity index (χ3v) is 5.11. The lowest BCUT2D eigenvalue weighted by Gasteiger charge is -2.13. The maximum atomic E-state index is 12.7. The van der Waals surface area contributed by atoms with E-state index in [4.69, 9.17) is 0 Å². The molecule has 1 aliphatic rings. The van der Waals surface area contributed by atoms with E-state index in [0.29, 0.717) is 12.0 Å². The lowest BCUT2D eigenvalue weighted by atomic mass is 9.93. The minimum atomic E-state index is -0.823. The van der Waals surface area contributed by atoms with Crippen molar-refractivity contribution in [3.05, 3.63) is 64.7 Å². The van der Waals surface area contributed by atoms with Gasteiger partial charge in [-0.25, -0.2) is 0 Å². The molecule has 4 heteroatoms. The summed E-state index contributed by atoms with van der Waals surface area (Å²) >= 11 is 1.60. The first-order valence-corrected chi connectivity index (χ1v) is 8.22. The molecule has 0 saturated heterocycles. The van der Waals surface area contributed by atoms with Crippen LogP contribution in [-0.2, 0) is 10.5 Å². The number of hydrogen-bond donors (Lipinski definition) is 1. The molecule has 0 radical (unpaired) electrons. The maximum Gasteiger partial charge on any atom is 0.310 e. The molecular weight excluding hydrogens is 296 g/mol. The van der Waals surface area contributed by atoms with Gasteiger partial charge in [0.15, 0.2) is 5.78 Å². The van der Waals surface area contributed by atoms with Gasteiger partial charge in [-0.1, -0.05) is 37.3 Å². The summed E-state index contributed by atoms with van der Waals surface area (Å²) in [6.45, 7) is 1.86. The molecule has 112 valence electrons. The molecule has 1 heterocycles. The molecule has 0 spiro atoms. The number of thioether (sulfide) groups is 1. The number of hydrogen-bond acceptors (Lipinski definition) is 3. The molecular formula is C18H16O3S. The molecule has 0 bridgehead atoms. The number of carbonyl (C=O) groups excluding carboxylic acids is 1. The van der Waals surface area contributed by atoms with Gasteiger partial charge in [0.2, 0.25) is 0 Å². The summed E-state index contributed by atoms with van der Waals surface area (Å²) in [4.78, 5) is 24.9. The van der Waals surface area contributed by atoms with Crippen LogP contribution in [0, 0.1) is 0 Å². The van der Waals surface area contributed by atoms with E-state index in [0.717, 1.165) is 27.3 Å². The summed E-state index contributed by atoms with van der Waals surface area (Å²) in [7, 11) is 0. The predicted octanol–water partition coefficient (Wildman–Crippen LogP) is 4.10. The molecule has 2 aromatic rings. The van der Waals surface area contributed by atoms with E-state index >= 15 is 0 Å². The van der Waals surface area contributed by atoms with Crippen molar-refractivity contribution in [2.75, 3.05) is 0 Å². The van der Waals surface area contributed by atoms with Gasteiger partial charge in [0, 0.05) is 21.8 Å². The quantitative estimate of drug-likeness (QED) is 0.927. The van der Waals surface area contributed by atoms with Gasteiger partial charge in [0.05, 0.1) is 5.92 Å². The first-order chi connectivity index (χ1) is 10.6. The lowest BCUT2D eigenvalue weighted by molar-refractivity contribution is -0.138. The Labute approximate surface area is 133 Å². The zero-order valence-corrected chi connectivity index (χ0v) is 13.0. The SMILES string of the molecule is CC[C@H](C(=O)O)c1ccc2c(c1)SCc1ccccc1C2=O. The van der Waals surface area contributed by atoms with Crippen molar-refractivity contribution in [2.45, 2.75) is 29.9 Å². The molecule has 0 saturated carbocycles. The number of fused-ring (bicyclic) bond motifs is 2. The highest BCUT2D eigenvalue weighted by molar-refractivity contribution is 7.98. The molecule has 1 N–H and O–H groups in total. The average molecular weight is 312 g/mol. The summed E-state index contributed by atoms with van der Waals surface area (Å²) in [6.07, 6.45) is 0.535. The Balaban J connectivity index is 2.05. The van der Waals surface area contributed by atoms with Gasteiger partial charge in [-0.05, 0) is 29.7 Å². The van der Waals surface area contributed by atoms with E-state index in [-0.39, 0.29) is 5.78 Å². The number of benzene rings is 2. The largest absolute Gasteiger partial charge is 0.481 e. The van der Waals surface area contributed by atoms with Crippen molar-refractivity contribution in [1.82, 2.24) is 0 Å². The Morgan fingerprint density at radius 2 is 2.00 bits per heavy atom. The second-order valence-electron chi connectivity index (χ2n) is 5.33. The number of carboxylic acids is 1. The second kappa shape index (κ2) is 5.97. The first-order valence-electron chi connectivity index (χ1n) is 7.24. The fourth-order valence-corrected chi connectivity index (χ4v) is 3.88. The van der Waals surface area contributed by atoms with E-state index in [1.807, 2.05) is 37.3 Å². The normalized spacial score (nSPS) is 14.7. The molecule has 0 amide bonds. The van der Waals surface area contributed by atoms with Crippen molar-refractivity contribution >= 4 is 23.5 Å². The standard InChI is InChI=1S/C18H16O3S/c1-2-13(18(20)21)11-7-8-15-16(9-11)22-10-12-5-3-4-6-14(12)17(15)19/h3-9,13H,2,10H2,1H3,(H,20,21)/t13-/m0/s1. The number of carboxylic acid groups (broad SMARTS) is 1. The molecule has 1 atom stereocenters. The van der Waals surface area contributed by atoms with Crippen LogP contribution in [-0.4, -0.2) is 16.9 Å². The highest BCUT2D eigenvalue weighted by Crippen LogP contribution is 2.36. The van der Waals surface area contributed by atoms with E-state index in [2.05, 4.69) is 0 Å². The van der Waals surface area contributed by atoms with Crippen LogP contribution in [0.1, 0.15) is 46.3 Å². The maximum absolute atomic E-state index is 12.7. The molecule has 0 aliphatic carbocycles. The minimum Gasteiger partial charge on any atom is -0.481 e. The third-order valence-electron chi connectivity index (χ3n) is 4.00. The van der Waals surface area contributed by atoms with Crippen LogP contribution in [0.2, 0.25) is 0 Å². The van der Waals surface area contributed by atoms with E-state index in [9.17, 15) is 14.7 Å². The third kappa shape index (κ3) is 2.55. The number of ketones is 1. The fraction of sp³-hybridized carbons (Fsp3) is 0.222. The Morgan fingerprint density at radius 1 is 1.23 bits per heavy atom. The van der Waals surface area contributed by atoms with Crippen LogP contribution in [0.5, 0.6) is 0 Å². The van der Waals surface area contributed by atoms with Gasteiger partial charge in [-0.15, -0.1) is 11.8 Å². The zero-order chi connectivity index (χ0) is 15.7. The summed E-state index contributed by atoms with van der Waals surface area (Å²) in [5.41, 5.74) is 3.20. The molecule has 1 aliphatic heterocycles. The summed E-state index contributed by atoms with van der Waals surface area (Å²) < 4.78 is 0. The van der Waals surface area contributed by atoms with Gasteiger partial charge in [-0.2, -0.15) is 0 Å². The predicted molar refractivity (Wildman–Crippen MR) is 86.5 cm³/mol. The van der Waals surface area contributed by atoms with Crippen LogP contribution in [0.15, 0.2) is 47.4 Å². The monoisotopic (exact) mass is 312 g/mol. The average Bonchev–Trinajstić information content (AvgIpc) is 2.66. The van der Waals surface area contributed by atoms with Crippen molar-refractivity contribution in [1.29, 1.82) is 0 Å². The van der Waals surface area contributed by atoms with Crippen LogP contribution < -0.4 is 0 Å². The van der Waals surface area contributed by atoms with Crippen molar-refractivity contribution < 1.29 is 14.7 Å². The molecule has 3 nitrogen and oxygen atoms in total. The Kier molecular flexibility index (Phi) is 4.03.